The van der Waals surface area contributed by atoms with E-state index in [1.165, 1.54) is 0 Å². The third-order valence-corrected chi connectivity index (χ3v) is 3.56. The number of aliphatic hydroxyl groups is 1. The molecule has 0 radical (unpaired) electrons. The van der Waals surface area contributed by atoms with E-state index in [4.69, 9.17) is 16.3 Å². The van der Waals surface area contributed by atoms with Crippen LogP contribution >= 0.6 is 27.5 Å². The van der Waals surface area contributed by atoms with Gasteiger partial charge in [0.2, 0.25) is 0 Å². The maximum atomic E-state index is 11.7. The Morgan fingerprint density at radius 2 is 2.14 bits per heavy atom. The Hall–Kier alpha value is -0.780. The minimum absolute atomic E-state index is 0.145. The molecule has 0 fully saturated rings. The molecule has 1 amide bonds. The fourth-order valence-electron chi connectivity index (χ4n) is 1.74. The van der Waals surface area contributed by atoms with Crippen LogP contribution < -0.4 is 5.32 Å². The Bertz CT molecular complexity index is 488. The van der Waals surface area contributed by atoms with Crippen LogP contribution in [0.25, 0.3) is 0 Å². The molecule has 0 aliphatic rings. The second-order valence-electron chi connectivity index (χ2n) is 5.80. The lowest BCUT2D eigenvalue weighted by atomic mass is 10.1. The highest BCUT2D eigenvalue weighted by Crippen LogP contribution is 2.22. The van der Waals surface area contributed by atoms with Crippen molar-refractivity contribution >= 4 is 33.6 Å². The third-order valence-electron chi connectivity index (χ3n) is 2.72. The number of hydrogen-bond acceptors (Lipinski definition) is 3. The molecule has 0 aliphatic heterocycles. The lowest BCUT2D eigenvalue weighted by molar-refractivity contribution is 0.0479. The molecule has 0 saturated carbocycles. The van der Waals surface area contributed by atoms with E-state index in [2.05, 4.69) is 21.2 Å². The first kappa shape index (κ1) is 18.3. The summed E-state index contributed by atoms with van der Waals surface area (Å²) in [5.41, 5.74) is 0.420. The van der Waals surface area contributed by atoms with Crippen molar-refractivity contribution in [2.45, 2.75) is 45.3 Å². The number of aryl methyl sites for hydroxylation is 1. The van der Waals surface area contributed by atoms with E-state index in [0.717, 1.165) is 10.0 Å². The summed E-state index contributed by atoms with van der Waals surface area (Å²) in [7, 11) is 0. The Morgan fingerprint density at radius 3 is 2.67 bits per heavy atom. The van der Waals surface area contributed by atoms with Crippen molar-refractivity contribution in [2.75, 3.05) is 6.61 Å². The molecule has 118 valence electrons. The van der Waals surface area contributed by atoms with E-state index < -0.39 is 11.7 Å². The zero-order valence-electron chi connectivity index (χ0n) is 12.5. The summed E-state index contributed by atoms with van der Waals surface area (Å²) in [6.45, 7) is 5.24. The first-order valence-corrected chi connectivity index (χ1v) is 7.92. The van der Waals surface area contributed by atoms with Crippen LogP contribution in [-0.2, 0) is 11.2 Å². The molecule has 0 spiro atoms. The summed E-state index contributed by atoms with van der Waals surface area (Å²) in [4.78, 5) is 11.7. The van der Waals surface area contributed by atoms with E-state index in [0.29, 0.717) is 17.9 Å². The Balaban J connectivity index is 2.53. The van der Waals surface area contributed by atoms with E-state index in [-0.39, 0.29) is 12.6 Å². The number of carbonyl (C=O) groups excluding carboxylic acids is 1. The van der Waals surface area contributed by atoms with Gasteiger partial charge in [0.1, 0.15) is 5.60 Å². The number of alkyl carbamates (subject to hydrolysis) is 1. The highest BCUT2D eigenvalue weighted by molar-refractivity contribution is 9.10. The van der Waals surface area contributed by atoms with Gasteiger partial charge in [0.25, 0.3) is 0 Å². The molecule has 0 aromatic heterocycles. The zero-order chi connectivity index (χ0) is 16.0. The van der Waals surface area contributed by atoms with Gasteiger partial charge in [-0.05, 0) is 51.3 Å². The highest BCUT2D eigenvalue weighted by atomic mass is 79.9. The molecule has 0 aliphatic carbocycles. The predicted molar refractivity (Wildman–Crippen MR) is 87.7 cm³/mol. The van der Waals surface area contributed by atoms with Crippen molar-refractivity contribution < 1.29 is 14.6 Å². The van der Waals surface area contributed by atoms with Crippen LogP contribution in [0, 0.1) is 0 Å². The average Bonchev–Trinajstić information content (AvgIpc) is 2.33. The van der Waals surface area contributed by atoms with Gasteiger partial charge in [-0.3, -0.25) is 0 Å². The van der Waals surface area contributed by atoms with Crippen LogP contribution in [0.5, 0.6) is 0 Å². The van der Waals surface area contributed by atoms with Crippen LogP contribution in [0.2, 0.25) is 5.02 Å². The van der Waals surface area contributed by atoms with Gasteiger partial charge in [-0.15, -0.1) is 0 Å². The topological polar surface area (TPSA) is 58.6 Å². The van der Waals surface area contributed by atoms with Gasteiger partial charge in [-0.1, -0.05) is 33.6 Å². The number of benzene rings is 1. The van der Waals surface area contributed by atoms with Crippen LogP contribution in [-0.4, -0.2) is 29.4 Å². The molecule has 4 nitrogen and oxygen atoms in total. The number of nitrogens with one attached hydrogen (secondary N) is 1. The first-order valence-electron chi connectivity index (χ1n) is 6.75. The molecular weight excluding hydrogens is 358 g/mol. The number of amides is 1. The van der Waals surface area contributed by atoms with Gasteiger partial charge < -0.3 is 15.2 Å². The molecule has 1 rings (SSSR count). The van der Waals surface area contributed by atoms with Crippen LogP contribution in [0.1, 0.15) is 32.8 Å². The summed E-state index contributed by atoms with van der Waals surface area (Å²) >= 11 is 9.50. The molecule has 1 aromatic carbocycles. The second-order valence-corrected chi connectivity index (χ2v) is 7.12. The Labute approximate surface area is 139 Å². The number of carbonyl (C=O) groups is 1. The molecule has 6 heteroatoms. The van der Waals surface area contributed by atoms with Gasteiger partial charge >= 0.3 is 6.09 Å². The van der Waals surface area contributed by atoms with Crippen LogP contribution in [0.4, 0.5) is 4.79 Å². The second kappa shape index (κ2) is 8.01. The van der Waals surface area contributed by atoms with Crippen molar-refractivity contribution in [2.24, 2.45) is 0 Å². The quantitative estimate of drug-likeness (QED) is 0.816. The van der Waals surface area contributed by atoms with Gasteiger partial charge in [-0.2, -0.15) is 0 Å². The molecular formula is C15H21BrClNO3. The standard InChI is InChI=1S/C15H21BrClNO3/c1-15(2,3)21-14(20)18-12(9-19)7-5-10-4-6-11(16)8-13(10)17/h4,6,8,12,19H,5,7,9H2,1-3H3,(H,18,20). The summed E-state index contributed by atoms with van der Waals surface area (Å²) in [6, 6.07) is 5.30. The summed E-state index contributed by atoms with van der Waals surface area (Å²) in [5, 5.41) is 12.7. The van der Waals surface area contributed by atoms with E-state index >= 15 is 0 Å². The van der Waals surface area contributed by atoms with Crippen molar-refractivity contribution in [3.63, 3.8) is 0 Å². The molecule has 0 saturated heterocycles. The third kappa shape index (κ3) is 7.16. The van der Waals surface area contributed by atoms with Crippen molar-refractivity contribution in [1.29, 1.82) is 0 Å². The zero-order valence-corrected chi connectivity index (χ0v) is 14.8. The van der Waals surface area contributed by atoms with Gasteiger partial charge in [0.15, 0.2) is 0 Å². The molecule has 1 aromatic rings. The average molecular weight is 379 g/mol. The maximum absolute atomic E-state index is 11.7. The minimum Gasteiger partial charge on any atom is -0.444 e. The van der Waals surface area contributed by atoms with Gasteiger partial charge in [0, 0.05) is 9.50 Å². The fraction of sp³-hybridized carbons (Fsp3) is 0.533. The maximum Gasteiger partial charge on any atom is 0.407 e. The van der Waals surface area contributed by atoms with Crippen molar-refractivity contribution in [3.05, 3.63) is 33.3 Å². The summed E-state index contributed by atoms with van der Waals surface area (Å²) in [5.74, 6) is 0. The summed E-state index contributed by atoms with van der Waals surface area (Å²) in [6.07, 6.45) is 0.716. The fourth-order valence-corrected chi connectivity index (χ4v) is 2.51. The lowest BCUT2D eigenvalue weighted by Gasteiger charge is -2.22. The molecule has 0 heterocycles. The van der Waals surface area contributed by atoms with E-state index in [9.17, 15) is 9.90 Å². The number of aliphatic hydroxyl groups excluding tert-OH is 1. The lowest BCUT2D eigenvalue weighted by Crippen LogP contribution is -2.41. The predicted octanol–water partition coefficient (Wildman–Crippen LogP) is 3.92. The summed E-state index contributed by atoms with van der Waals surface area (Å²) < 4.78 is 6.09. The van der Waals surface area contributed by atoms with Crippen molar-refractivity contribution in [3.8, 4) is 0 Å². The van der Waals surface area contributed by atoms with Crippen molar-refractivity contribution in [1.82, 2.24) is 5.32 Å². The normalized spacial score (nSPS) is 12.9. The highest BCUT2D eigenvalue weighted by Gasteiger charge is 2.19. The Kier molecular flexibility index (Phi) is 6.97. The van der Waals surface area contributed by atoms with Gasteiger partial charge in [-0.25, -0.2) is 4.79 Å². The molecule has 21 heavy (non-hydrogen) atoms. The van der Waals surface area contributed by atoms with Gasteiger partial charge in [0.05, 0.1) is 12.6 Å². The smallest absolute Gasteiger partial charge is 0.407 e. The SMILES string of the molecule is CC(C)(C)OC(=O)NC(CO)CCc1ccc(Br)cc1Cl. The molecule has 1 atom stereocenters. The largest absolute Gasteiger partial charge is 0.444 e. The van der Waals surface area contributed by atoms with Crippen LogP contribution in [0.15, 0.2) is 22.7 Å². The number of hydrogen-bond donors (Lipinski definition) is 2. The first-order chi connectivity index (χ1) is 9.71. The minimum atomic E-state index is -0.556. The molecule has 2 N–H and O–H groups in total. The number of halogens is 2. The van der Waals surface area contributed by atoms with E-state index in [1.54, 1.807) is 20.8 Å². The van der Waals surface area contributed by atoms with E-state index in [1.807, 2.05) is 18.2 Å². The molecule has 0 bridgehead atoms. The number of rotatable bonds is 5. The van der Waals surface area contributed by atoms with Crippen LogP contribution in [0.3, 0.4) is 0 Å². The monoisotopic (exact) mass is 377 g/mol. The Morgan fingerprint density at radius 1 is 1.48 bits per heavy atom. The number of ether oxygens (including phenoxy) is 1. The molecule has 1 unspecified atom stereocenters.